The van der Waals surface area contributed by atoms with E-state index in [1.165, 1.54) is 0 Å². The van der Waals surface area contributed by atoms with E-state index in [4.69, 9.17) is 5.11 Å². The third-order valence-corrected chi connectivity index (χ3v) is 1.32. The number of rotatable bonds is 5. The van der Waals surface area contributed by atoms with Crippen LogP contribution in [0.2, 0.25) is 0 Å². The van der Waals surface area contributed by atoms with E-state index >= 15 is 0 Å². The molecule has 0 aromatic rings. The van der Waals surface area contributed by atoms with Gasteiger partial charge in [0.15, 0.2) is 0 Å². The summed E-state index contributed by atoms with van der Waals surface area (Å²) in [6.07, 6.45) is 2.13. The second-order valence-corrected chi connectivity index (χ2v) is 2.46. The second kappa shape index (κ2) is 9.16. The number of carboxylic acids is 1. The molecule has 4 heteroatoms. The quantitative estimate of drug-likeness (QED) is 0.486. The van der Waals surface area contributed by atoms with E-state index in [1.54, 1.807) is 0 Å². The summed E-state index contributed by atoms with van der Waals surface area (Å²) < 4.78 is 0. The molecule has 0 spiro atoms. The Morgan fingerprint density at radius 3 is 2.64 bits per heavy atom. The largest absolute Gasteiger partial charge is 1.00 e. The van der Waals surface area contributed by atoms with Crippen molar-refractivity contribution < 1.29 is 62.7 Å². The van der Waals surface area contributed by atoms with E-state index in [9.17, 15) is 4.79 Å². The van der Waals surface area contributed by atoms with Gasteiger partial charge in [-0.1, -0.05) is 13.3 Å². The molecule has 0 rings (SSSR count). The molecule has 11 heavy (non-hydrogen) atoms. The minimum atomic E-state index is -0.789. The minimum absolute atomic E-state index is 0. The summed E-state index contributed by atoms with van der Waals surface area (Å²) in [5.74, 6) is -0.789. The molecule has 0 fully saturated rings. The van der Waals surface area contributed by atoms with E-state index in [0.29, 0.717) is 6.04 Å². The van der Waals surface area contributed by atoms with Crippen molar-refractivity contribution in [2.45, 2.75) is 32.7 Å². The maximum absolute atomic E-state index is 10.0. The number of carboxylic acid groups (broad SMARTS) is 1. The Hall–Kier alpha value is 1.07. The maximum Gasteiger partial charge on any atom is 1.00 e. The first-order chi connectivity index (χ1) is 4.66. The average molecular weight is 185 g/mol. The van der Waals surface area contributed by atoms with Gasteiger partial charge in [0.05, 0.1) is 6.54 Å². The molecule has 0 aliphatic rings. The van der Waals surface area contributed by atoms with Gasteiger partial charge in [-0.05, 0) is 13.3 Å². The number of carbonyl (C=O) groups is 1. The van der Waals surface area contributed by atoms with Gasteiger partial charge in [-0.25, -0.2) is 0 Å². The van der Waals surface area contributed by atoms with E-state index < -0.39 is 5.97 Å². The second-order valence-electron chi connectivity index (χ2n) is 2.46. The normalized spacial score (nSPS) is 11.8. The molecule has 0 amide bonds. The van der Waals surface area contributed by atoms with Crippen LogP contribution in [0.25, 0.3) is 0 Å². The topological polar surface area (TPSA) is 49.3 Å². The SMILES string of the molecule is CCCC(C)NCC(=O)O.[H-].[K+]. The van der Waals surface area contributed by atoms with Gasteiger partial charge in [0, 0.05) is 6.04 Å². The maximum atomic E-state index is 10.0. The monoisotopic (exact) mass is 185 g/mol. The van der Waals surface area contributed by atoms with Gasteiger partial charge in [-0.15, -0.1) is 0 Å². The summed E-state index contributed by atoms with van der Waals surface area (Å²) in [4.78, 5) is 10.0. The zero-order valence-electron chi connectivity index (χ0n) is 8.55. The molecular formula is C7H16KNO2. The number of nitrogens with one attached hydrogen (secondary N) is 1. The van der Waals surface area contributed by atoms with Gasteiger partial charge in [-0.2, -0.15) is 0 Å². The fraction of sp³-hybridized carbons (Fsp3) is 0.857. The Balaban J connectivity index is -0.000000405. The molecule has 3 nitrogen and oxygen atoms in total. The molecule has 0 heterocycles. The van der Waals surface area contributed by atoms with Crippen LogP contribution in [-0.2, 0) is 4.79 Å². The van der Waals surface area contributed by atoms with Crippen LogP contribution in [0.3, 0.4) is 0 Å². The number of hydrogen-bond acceptors (Lipinski definition) is 2. The van der Waals surface area contributed by atoms with Crippen LogP contribution in [0.4, 0.5) is 0 Å². The van der Waals surface area contributed by atoms with Crippen LogP contribution in [-0.4, -0.2) is 23.7 Å². The first kappa shape index (κ1) is 14.6. The summed E-state index contributed by atoms with van der Waals surface area (Å²) in [5, 5.41) is 11.2. The predicted molar refractivity (Wildman–Crippen MR) is 41.1 cm³/mol. The van der Waals surface area contributed by atoms with Gasteiger partial charge in [0.25, 0.3) is 0 Å². The van der Waals surface area contributed by atoms with E-state index in [-0.39, 0.29) is 59.4 Å². The minimum Gasteiger partial charge on any atom is -1.00 e. The molecule has 1 unspecified atom stereocenters. The summed E-state index contributed by atoms with van der Waals surface area (Å²) in [6.45, 7) is 4.15. The third-order valence-electron chi connectivity index (χ3n) is 1.32. The summed E-state index contributed by atoms with van der Waals surface area (Å²) in [7, 11) is 0. The fourth-order valence-electron chi connectivity index (χ4n) is 0.797. The Labute approximate surface area is 112 Å². The van der Waals surface area contributed by atoms with Crippen LogP contribution in [0.5, 0.6) is 0 Å². The third kappa shape index (κ3) is 11.1. The van der Waals surface area contributed by atoms with Gasteiger partial charge < -0.3 is 11.8 Å². The molecule has 0 bridgehead atoms. The van der Waals surface area contributed by atoms with E-state index in [0.717, 1.165) is 12.8 Å². The summed E-state index contributed by atoms with van der Waals surface area (Å²) in [5.41, 5.74) is 0. The first-order valence-electron chi connectivity index (χ1n) is 3.62. The zero-order valence-corrected chi connectivity index (χ0v) is 10.7. The Morgan fingerprint density at radius 2 is 2.27 bits per heavy atom. The van der Waals surface area contributed by atoms with Crippen LogP contribution in [0, 0.1) is 0 Å². The van der Waals surface area contributed by atoms with Crippen LogP contribution >= 0.6 is 0 Å². The standard InChI is InChI=1S/C7H15NO2.K.H/c1-3-4-6(2)8-5-7(9)10;;/h6,8H,3-5H2,1-2H3,(H,9,10);;/q;+1;-1. The predicted octanol–water partition coefficient (Wildman–Crippen LogP) is -2.03. The Kier molecular flexibility index (Phi) is 12.1. The van der Waals surface area contributed by atoms with Crippen molar-refractivity contribution in [1.82, 2.24) is 5.32 Å². The smallest absolute Gasteiger partial charge is 1.00 e. The molecule has 0 aliphatic heterocycles. The van der Waals surface area contributed by atoms with Crippen molar-refractivity contribution in [3.8, 4) is 0 Å². The van der Waals surface area contributed by atoms with Gasteiger partial charge in [0.1, 0.15) is 0 Å². The van der Waals surface area contributed by atoms with Crippen molar-refractivity contribution >= 4 is 5.97 Å². The summed E-state index contributed by atoms with van der Waals surface area (Å²) in [6, 6.07) is 0.320. The van der Waals surface area contributed by atoms with Crippen LogP contribution < -0.4 is 56.7 Å². The van der Waals surface area contributed by atoms with Crippen LogP contribution in [0.15, 0.2) is 0 Å². The van der Waals surface area contributed by atoms with Crippen molar-refractivity contribution in [3.63, 3.8) is 0 Å². The molecule has 0 saturated heterocycles. The zero-order chi connectivity index (χ0) is 7.98. The molecule has 0 aromatic carbocycles. The van der Waals surface area contributed by atoms with Gasteiger partial charge in [0.2, 0.25) is 0 Å². The molecule has 1 atom stereocenters. The average Bonchev–Trinajstić information content (AvgIpc) is 1.85. The fourth-order valence-corrected chi connectivity index (χ4v) is 0.797. The van der Waals surface area contributed by atoms with Crippen molar-refractivity contribution in [2.24, 2.45) is 0 Å². The van der Waals surface area contributed by atoms with E-state index in [1.807, 2.05) is 6.92 Å². The molecule has 62 valence electrons. The molecule has 2 N–H and O–H groups in total. The molecular weight excluding hydrogens is 169 g/mol. The number of hydrogen-bond donors (Lipinski definition) is 2. The van der Waals surface area contributed by atoms with Crippen LogP contribution in [0.1, 0.15) is 28.1 Å². The van der Waals surface area contributed by atoms with Crippen molar-refractivity contribution in [3.05, 3.63) is 0 Å². The van der Waals surface area contributed by atoms with Gasteiger partial charge in [-0.3, -0.25) is 4.79 Å². The van der Waals surface area contributed by atoms with E-state index in [2.05, 4.69) is 12.2 Å². The van der Waals surface area contributed by atoms with Crippen molar-refractivity contribution in [2.75, 3.05) is 6.54 Å². The Morgan fingerprint density at radius 1 is 1.73 bits per heavy atom. The molecule has 0 radical (unpaired) electrons. The molecule has 0 aliphatic carbocycles. The molecule has 0 aromatic heterocycles. The Bertz CT molecular complexity index is 114. The summed E-state index contributed by atoms with van der Waals surface area (Å²) >= 11 is 0. The molecule has 0 saturated carbocycles. The van der Waals surface area contributed by atoms with Crippen molar-refractivity contribution in [1.29, 1.82) is 0 Å². The van der Waals surface area contributed by atoms with Gasteiger partial charge >= 0.3 is 57.4 Å². The number of aliphatic carboxylic acids is 1. The first-order valence-corrected chi connectivity index (χ1v) is 3.62.